The van der Waals surface area contributed by atoms with E-state index in [4.69, 9.17) is 0 Å². The molecule has 0 atom stereocenters. The Morgan fingerprint density at radius 3 is 2.78 bits per heavy atom. The highest BCUT2D eigenvalue weighted by Crippen LogP contribution is 2.23. The van der Waals surface area contributed by atoms with Gasteiger partial charge in [0, 0.05) is 43.8 Å². The zero-order valence-electron chi connectivity index (χ0n) is 16.2. The van der Waals surface area contributed by atoms with Gasteiger partial charge in [0.05, 0.1) is 10.5 Å². The molecule has 0 radical (unpaired) electrons. The molecule has 8 heteroatoms. The molecule has 2 aromatic rings. The summed E-state index contributed by atoms with van der Waals surface area (Å²) in [6.45, 7) is 5.35. The van der Waals surface area contributed by atoms with Crippen molar-refractivity contribution in [3.05, 3.63) is 36.0 Å². The van der Waals surface area contributed by atoms with Gasteiger partial charge in [0.25, 0.3) is 0 Å². The Hall–Kier alpha value is -1.29. The number of hydrogen-bond donors (Lipinski definition) is 2. The number of aryl methyl sites for hydroxylation is 1. The first-order chi connectivity index (χ1) is 12.3. The third-order valence-corrected chi connectivity index (χ3v) is 7.67. The zero-order valence-corrected chi connectivity index (χ0v) is 19.3. The molecule has 2 N–H and O–H groups in total. The van der Waals surface area contributed by atoms with Crippen LogP contribution in [0.25, 0.3) is 10.9 Å². The van der Waals surface area contributed by atoms with Crippen LogP contribution < -0.4 is 5.32 Å². The zero-order chi connectivity index (χ0) is 18.8. The molecule has 0 saturated carbocycles. The highest BCUT2D eigenvalue weighted by molar-refractivity contribution is 14.0. The van der Waals surface area contributed by atoms with Gasteiger partial charge in [0.15, 0.2) is 15.8 Å². The maximum absolute atomic E-state index is 12.2. The molecule has 1 aliphatic heterocycles. The fraction of sp³-hybridized carbons (Fsp3) is 0.526. The average Bonchev–Trinajstić information content (AvgIpc) is 3.01. The van der Waals surface area contributed by atoms with Gasteiger partial charge in [0.1, 0.15) is 0 Å². The normalized spacial score (nSPS) is 18.9. The fourth-order valence-electron chi connectivity index (χ4n) is 3.47. The van der Waals surface area contributed by atoms with Crippen LogP contribution in [0.2, 0.25) is 0 Å². The number of hydrogen-bond acceptors (Lipinski definition) is 3. The molecule has 2 heterocycles. The summed E-state index contributed by atoms with van der Waals surface area (Å²) in [5, 5.41) is 4.66. The van der Waals surface area contributed by atoms with Crippen molar-refractivity contribution in [1.29, 1.82) is 0 Å². The summed E-state index contributed by atoms with van der Waals surface area (Å²) < 4.78 is 23.6. The number of fused-ring (bicyclic) bond motifs is 1. The van der Waals surface area contributed by atoms with Crippen LogP contribution in [0.1, 0.15) is 25.8 Å². The largest absolute Gasteiger partial charge is 0.361 e. The molecule has 0 spiro atoms. The Morgan fingerprint density at radius 2 is 2.07 bits per heavy atom. The summed E-state index contributed by atoms with van der Waals surface area (Å²) in [5.74, 6) is 0.961. The summed E-state index contributed by atoms with van der Waals surface area (Å²) in [5.41, 5.74) is 2.49. The van der Waals surface area contributed by atoms with E-state index < -0.39 is 14.6 Å². The van der Waals surface area contributed by atoms with Gasteiger partial charge in [0.2, 0.25) is 0 Å². The molecule has 1 aromatic carbocycles. The minimum Gasteiger partial charge on any atom is -0.361 e. The van der Waals surface area contributed by atoms with Gasteiger partial charge in [-0.15, -0.1) is 24.0 Å². The van der Waals surface area contributed by atoms with Gasteiger partial charge in [-0.3, -0.25) is 4.99 Å². The van der Waals surface area contributed by atoms with Crippen molar-refractivity contribution >= 4 is 50.7 Å². The monoisotopic (exact) mass is 504 g/mol. The third-order valence-electron chi connectivity index (χ3n) is 5.14. The van der Waals surface area contributed by atoms with E-state index in [0.29, 0.717) is 13.1 Å². The Balaban J connectivity index is 0.00000261. The molecular weight excluding hydrogens is 475 g/mol. The van der Waals surface area contributed by atoms with Crippen molar-refractivity contribution < 1.29 is 8.42 Å². The van der Waals surface area contributed by atoms with E-state index in [1.165, 1.54) is 16.5 Å². The number of nitrogens with one attached hydrogen (secondary N) is 2. The van der Waals surface area contributed by atoms with Gasteiger partial charge in [-0.1, -0.05) is 18.2 Å². The SMILES string of the molecule is CN=C(NCCCc1c[nH]c2ccccc12)N1CCS(=O)(=O)C(C)(C)C1.I. The summed E-state index contributed by atoms with van der Waals surface area (Å²) >= 11 is 0. The average molecular weight is 504 g/mol. The first-order valence-corrected chi connectivity index (χ1v) is 10.7. The van der Waals surface area contributed by atoms with Crippen LogP contribution in [-0.2, 0) is 16.3 Å². The van der Waals surface area contributed by atoms with Crippen LogP contribution in [0.5, 0.6) is 0 Å². The standard InChI is InChI=1S/C19H28N4O2S.HI/c1-19(2)14-23(11-12-26(19,24)25)18(20-3)21-10-6-7-15-13-22-17-9-5-4-8-16(15)17;/h4-5,8-9,13,22H,6-7,10-12,14H2,1-3H3,(H,20,21);1H. The van der Waals surface area contributed by atoms with E-state index in [0.717, 1.165) is 25.3 Å². The van der Waals surface area contributed by atoms with Crippen molar-refractivity contribution in [1.82, 2.24) is 15.2 Å². The van der Waals surface area contributed by atoms with Crippen molar-refractivity contribution in [3.63, 3.8) is 0 Å². The quantitative estimate of drug-likeness (QED) is 0.291. The predicted octanol–water partition coefficient (Wildman–Crippen LogP) is 2.80. The lowest BCUT2D eigenvalue weighted by Gasteiger charge is -2.39. The first-order valence-electron chi connectivity index (χ1n) is 9.07. The van der Waals surface area contributed by atoms with Crippen LogP contribution in [0, 0.1) is 0 Å². The Morgan fingerprint density at radius 1 is 1.33 bits per heavy atom. The topological polar surface area (TPSA) is 77.6 Å². The lowest BCUT2D eigenvalue weighted by molar-refractivity contribution is 0.353. The number of sulfone groups is 1. The number of nitrogens with zero attached hydrogens (tertiary/aromatic N) is 2. The third kappa shape index (κ3) is 4.77. The van der Waals surface area contributed by atoms with Gasteiger partial charge in [-0.2, -0.15) is 0 Å². The van der Waals surface area contributed by atoms with Crippen LogP contribution in [0.4, 0.5) is 0 Å². The van der Waals surface area contributed by atoms with E-state index >= 15 is 0 Å². The lowest BCUT2D eigenvalue weighted by atomic mass is 10.1. The maximum atomic E-state index is 12.2. The summed E-state index contributed by atoms with van der Waals surface area (Å²) in [6, 6.07) is 8.33. The highest BCUT2D eigenvalue weighted by atomic mass is 127. The molecule has 27 heavy (non-hydrogen) atoms. The number of aromatic amines is 1. The van der Waals surface area contributed by atoms with Crippen molar-refractivity contribution in [2.45, 2.75) is 31.4 Å². The lowest BCUT2D eigenvalue weighted by Crippen LogP contribution is -2.57. The van der Waals surface area contributed by atoms with Crippen LogP contribution >= 0.6 is 24.0 Å². The van der Waals surface area contributed by atoms with Crippen molar-refractivity contribution in [2.24, 2.45) is 4.99 Å². The molecule has 1 aromatic heterocycles. The minimum atomic E-state index is -3.04. The van der Waals surface area contributed by atoms with Gasteiger partial charge >= 0.3 is 0 Å². The van der Waals surface area contributed by atoms with Crippen LogP contribution in [-0.4, -0.2) is 61.4 Å². The number of aromatic nitrogens is 1. The predicted molar refractivity (Wildman–Crippen MR) is 123 cm³/mol. The molecule has 1 aliphatic rings. The van der Waals surface area contributed by atoms with Crippen LogP contribution in [0.3, 0.4) is 0 Å². The maximum Gasteiger partial charge on any atom is 0.193 e. The molecule has 0 unspecified atom stereocenters. The number of benzene rings is 1. The van der Waals surface area contributed by atoms with E-state index in [-0.39, 0.29) is 29.7 Å². The number of guanidine groups is 1. The Labute approximate surface area is 178 Å². The number of rotatable bonds is 4. The number of aliphatic imine (C=N–C) groups is 1. The molecule has 0 bridgehead atoms. The molecule has 0 aliphatic carbocycles. The van der Waals surface area contributed by atoms with E-state index in [1.54, 1.807) is 20.9 Å². The van der Waals surface area contributed by atoms with Gasteiger partial charge in [-0.25, -0.2) is 8.42 Å². The number of H-pyrrole nitrogens is 1. The number of halogens is 1. The minimum absolute atomic E-state index is 0. The molecule has 6 nitrogen and oxygen atoms in total. The second-order valence-electron chi connectivity index (χ2n) is 7.44. The van der Waals surface area contributed by atoms with Crippen molar-refractivity contribution in [3.8, 4) is 0 Å². The molecule has 0 amide bonds. The Kier molecular flexibility index (Phi) is 7.18. The second kappa shape index (κ2) is 8.81. The Bertz CT molecular complexity index is 905. The van der Waals surface area contributed by atoms with Gasteiger partial charge < -0.3 is 15.2 Å². The summed E-state index contributed by atoms with van der Waals surface area (Å²) in [7, 11) is -1.29. The van der Waals surface area contributed by atoms with Crippen molar-refractivity contribution in [2.75, 3.05) is 32.4 Å². The van der Waals surface area contributed by atoms with E-state index in [9.17, 15) is 8.42 Å². The summed E-state index contributed by atoms with van der Waals surface area (Å²) in [6.07, 6.45) is 4.04. The molecule has 1 fully saturated rings. The molecular formula is C19H29IN4O2S. The first kappa shape index (κ1) is 22.0. The van der Waals surface area contributed by atoms with Crippen LogP contribution in [0.15, 0.2) is 35.5 Å². The smallest absolute Gasteiger partial charge is 0.193 e. The molecule has 3 rings (SSSR count). The summed E-state index contributed by atoms with van der Waals surface area (Å²) in [4.78, 5) is 9.70. The second-order valence-corrected chi connectivity index (χ2v) is 10.2. The molecule has 150 valence electrons. The van der Waals surface area contributed by atoms with Gasteiger partial charge in [-0.05, 0) is 38.3 Å². The fourth-order valence-corrected chi connectivity index (χ4v) is 4.84. The van der Waals surface area contributed by atoms with E-state index in [2.05, 4.69) is 39.7 Å². The number of para-hydroxylation sites is 1. The highest BCUT2D eigenvalue weighted by Gasteiger charge is 2.40. The molecule has 1 saturated heterocycles. The van der Waals surface area contributed by atoms with E-state index in [1.807, 2.05) is 11.0 Å².